The van der Waals surface area contributed by atoms with Gasteiger partial charge in [0, 0.05) is 31.4 Å². The molecule has 0 fully saturated rings. The summed E-state index contributed by atoms with van der Waals surface area (Å²) in [6.07, 6.45) is 4.18. The molecular weight excluding hydrogens is 212 g/mol. The van der Waals surface area contributed by atoms with E-state index in [1.165, 1.54) is 0 Å². The number of hydrogen-bond donors (Lipinski definition) is 1. The molecule has 96 valence electrons. The first-order chi connectivity index (χ1) is 8.22. The number of aromatic nitrogens is 2. The summed E-state index contributed by atoms with van der Waals surface area (Å²) in [4.78, 5) is 11.2. The fourth-order valence-corrected chi connectivity index (χ4v) is 1.86. The van der Waals surface area contributed by atoms with Crippen molar-refractivity contribution in [1.82, 2.24) is 9.97 Å². The second-order valence-corrected chi connectivity index (χ2v) is 4.22. The average molecular weight is 236 g/mol. The molecule has 0 saturated heterocycles. The summed E-state index contributed by atoms with van der Waals surface area (Å²) < 4.78 is 0. The number of hydrogen-bond acceptors (Lipinski definition) is 4. The highest BCUT2D eigenvalue weighted by molar-refractivity contribution is 5.48. The van der Waals surface area contributed by atoms with E-state index in [1.807, 2.05) is 6.20 Å². The Bertz CT molecular complexity index is 332. The lowest BCUT2D eigenvalue weighted by Crippen LogP contribution is -2.27. The van der Waals surface area contributed by atoms with Gasteiger partial charge in [-0.3, -0.25) is 0 Å². The van der Waals surface area contributed by atoms with Crippen LogP contribution in [0.3, 0.4) is 0 Å². The Morgan fingerprint density at radius 1 is 1.18 bits per heavy atom. The van der Waals surface area contributed by atoms with Gasteiger partial charge in [0.05, 0.1) is 0 Å². The zero-order valence-electron chi connectivity index (χ0n) is 11.5. The normalized spacial score (nSPS) is 10.4. The summed E-state index contributed by atoms with van der Waals surface area (Å²) in [5.74, 6) is 1.80. The number of nitrogens with zero attached hydrogens (tertiary/aromatic N) is 3. The summed E-state index contributed by atoms with van der Waals surface area (Å²) in [6, 6.07) is 0. The third-order valence-corrected chi connectivity index (χ3v) is 2.57. The van der Waals surface area contributed by atoms with Crippen LogP contribution in [0.15, 0.2) is 6.20 Å². The Morgan fingerprint density at radius 2 is 1.82 bits per heavy atom. The quantitative estimate of drug-likeness (QED) is 0.790. The first-order valence-corrected chi connectivity index (χ1v) is 6.55. The molecule has 0 radical (unpaired) electrons. The zero-order valence-corrected chi connectivity index (χ0v) is 11.5. The van der Waals surface area contributed by atoms with Crippen molar-refractivity contribution < 1.29 is 0 Å². The molecule has 17 heavy (non-hydrogen) atoms. The molecule has 0 aliphatic heterocycles. The lowest BCUT2D eigenvalue weighted by Gasteiger charge is -2.24. The maximum Gasteiger partial charge on any atom is 0.224 e. The van der Waals surface area contributed by atoms with E-state index in [0.29, 0.717) is 0 Å². The molecular formula is C13H24N4. The third-order valence-electron chi connectivity index (χ3n) is 2.57. The van der Waals surface area contributed by atoms with E-state index in [2.05, 4.69) is 47.9 Å². The molecule has 0 amide bonds. The molecule has 1 aromatic heterocycles. The molecule has 0 aliphatic rings. The van der Waals surface area contributed by atoms with Crippen molar-refractivity contribution in [2.75, 3.05) is 29.9 Å². The van der Waals surface area contributed by atoms with E-state index < -0.39 is 0 Å². The Hall–Kier alpha value is -1.32. The second kappa shape index (κ2) is 7.09. The minimum absolute atomic E-state index is 0.727. The smallest absolute Gasteiger partial charge is 0.224 e. The van der Waals surface area contributed by atoms with Gasteiger partial charge in [-0.1, -0.05) is 13.8 Å². The molecule has 1 heterocycles. The highest BCUT2D eigenvalue weighted by Crippen LogP contribution is 2.18. The maximum absolute atomic E-state index is 4.60. The minimum atomic E-state index is 0.727. The number of nitrogens with one attached hydrogen (secondary N) is 1. The van der Waals surface area contributed by atoms with E-state index in [0.717, 1.165) is 49.8 Å². The number of rotatable bonds is 7. The van der Waals surface area contributed by atoms with Crippen LogP contribution < -0.4 is 10.2 Å². The van der Waals surface area contributed by atoms with Gasteiger partial charge in [-0.05, 0) is 26.7 Å². The average Bonchev–Trinajstić information content (AvgIpc) is 2.32. The van der Waals surface area contributed by atoms with Crippen LogP contribution in [0.4, 0.5) is 11.8 Å². The Kier molecular flexibility index (Phi) is 5.73. The highest BCUT2D eigenvalue weighted by Gasteiger charge is 2.10. The summed E-state index contributed by atoms with van der Waals surface area (Å²) in [7, 11) is 0. The fraction of sp³-hybridized carbons (Fsp3) is 0.692. The van der Waals surface area contributed by atoms with Crippen LogP contribution in [0.5, 0.6) is 0 Å². The Labute approximate surface area is 104 Å². The molecule has 0 spiro atoms. The first-order valence-electron chi connectivity index (χ1n) is 6.55. The summed E-state index contributed by atoms with van der Waals surface area (Å²) in [6.45, 7) is 11.5. The van der Waals surface area contributed by atoms with Crippen molar-refractivity contribution in [3.05, 3.63) is 11.8 Å². The predicted molar refractivity (Wildman–Crippen MR) is 73.7 cm³/mol. The monoisotopic (exact) mass is 236 g/mol. The molecule has 0 atom stereocenters. The van der Waals surface area contributed by atoms with E-state index >= 15 is 0 Å². The number of anilines is 2. The number of aryl methyl sites for hydroxylation is 1. The van der Waals surface area contributed by atoms with Crippen molar-refractivity contribution in [3.8, 4) is 0 Å². The largest absolute Gasteiger partial charge is 0.356 e. The van der Waals surface area contributed by atoms with Crippen molar-refractivity contribution in [1.29, 1.82) is 0 Å². The van der Waals surface area contributed by atoms with E-state index in [9.17, 15) is 0 Å². The van der Waals surface area contributed by atoms with Crippen LogP contribution in [0.1, 0.15) is 39.2 Å². The van der Waals surface area contributed by atoms with Crippen LogP contribution in [0.25, 0.3) is 0 Å². The van der Waals surface area contributed by atoms with Crippen molar-refractivity contribution in [2.45, 2.75) is 40.5 Å². The molecule has 4 nitrogen and oxygen atoms in total. The Morgan fingerprint density at radius 3 is 2.35 bits per heavy atom. The van der Waals surface area contributed by atoms with Crippen molar-refractivity contribution in [2.24, 2.45) is 0 Å². The standard InChI is InChI=1S/C13H24N4/c1-5-8-17(9-6-2)12-11(4)10-15-13(16-12)14-7-3/h10H,5-9H2,1-4H3,(H,14,15,16). The molecule has 0 bridgehead atoms. The molecule has 1 N–H and O–H groups in total. The topological polar surface area (TPSA) is 41.1 Å². The lowest BCUT2D eigenvalue weighted by atomic mass is 10.3. The predicted octanol–water partition coefficient (Wildman–Crippen LogP) is 2.84. The first kappa shape index (κ1) is 13.7. The van der Waals surface area contributed by atoms with E-state index in [-0.39, 0.29) is 0 Å². The molecule has 1 rings (SSSR count). The SMILES string of the molecule is CCCN(CCC)c1nc(NCC)ncc1C. The van der Waals surface area contributed by atoms with Crippen LogP contribution in [-0.2, 0) is 0 Å². The van der Waals surface area contributed by atoms with Crippen LogP contribution in [-0.4, -0.2) is 29.6 Å². The summed E-state index contributed by atoms with van der Waals surface area (Å²) >= 11 is 0. The maximum atomic E-state index is 4.60. The Balaban J connectivity index is 2.94. The van der Waals surface area contributed by atoms with E-state index in [1.54, 1.807) is 0 Å². The van der Waals surface area contributed by atoms with Gasteiger partial charge >= 0.3 is 0 Å². The van der Waals surface area contributed by atoms with Crippen LogP contribution in [0, 0.1) is 6.92 Å². The van der Waals surface area contributed by atoms with Crippen molar-refractivity contribution in [3.63, 3.8) is 0 Å². The summed E-state index contributed by atoms with van der Waals surface area (Å²) in [5.41, 5.74) is 1.15. The van der Waals surface area contributed by atoms with Gasteiger partial charge in [0.15, 0.2) is 0 Å². The van der Waals surface area contributed by atoms with Gasteiger partial charge in [0.2, 0.25) is 5.95 Å². The van der Waals surface area contributed by atoms with Gasteiger partial charge in [-0.2, -0.15) is 4.98 Å². The molecule has 4 heteroatoms. The molecule has 0 saturated carbocycles. The van der Waals surface area contributed by atoms with Crippen LogP contribution >= 0.6 is 0 Å². The van der Waals surface area contributed by atoms with Gasteiger partial charge in [-0.15, -0.1) is 0 Å². The third kappa shape index (κ3) is 3.88. The second-order valence-electron chi connectivity index (χ2n) is 4.22. The minimum Gasteiger partial charge on any atom is -0.356 e. The molecule has 1 aromatic rings. The van der Waals surface area contributed by atoms with Gasteiger partial charge in [0.1, 0.15) is 5.82 Å². The van der Waals surface area contributed by atoms with Gasteiger partial charge in [-0.25, -0.2) is 4.98 Å². The molecule has 0 aliphatic carbocycles. The fourth-order valence-electron chi connectivity index (χ4n) is 1.86. The van der Waals surface area contributed by atoms with Crippen LogP contribution in [0.2, 0.25) is 0 Å². The highest BCUT2D eigenvalue weighted by atomic mass is 15.2. The zero-order chi connectivity index (χ0) is 12.7. The van der Waals surface area contributed by atoms with E-state index in [4.69, 9.17) is 0 Å². The molecule has 0 aromatic carbocycles. The lowest BCUT2D eigenvalue weighted by molar-refractivity contribution is 0.730. The summed E-state index contributed by atoms with van der Waals surface area (Å²) in [5, 5.41) is 3.17. The van der Waals surface area contributed by atoms with Gasteiger partial charge < -0.3 is 10.2 Å². The van der Waals surface area contributed by atoms with Crippen molar-refractivity contribution >= 4 is 11.8 Å². The van der Waals surface area contributed by atoms with Gasteiger partial charge in [0.25, 0.3) is 0 Å². The molecule has 0 unspecified atom stereocenters.